The molecule has 7 heteroatoms. The molecule has 2 aromatic rings. The Bertz CT molecular complexity index is 688. The summed E-state index contributed by atoms with van der Waals surface area (Å²) >= 11 is 23.7. The Balaban J connectivity index is 2.35. The summed E-state index contributed by atoms with van der Waals surface area (Å²) in [5, 5.41) is 3.56. The summed E-state index contributed by atoms with van der Waals surface area (Å²) in [6.07, 6.45) is 0. The van der Waals surface area contributed by atoms with Gasteiger partial charge < -0.3 is 5.32 Å². The molecular formula is C13H8Cl4N2O. The molecule has 1 amide bonds. The minimum atomic E-state index is -0.464. The topological polar surface area (TPSA) is 42.0 Å². The van der Waals surface area contributed by atoms with Crippen molar-refractivity contribution in [3.8, 4) is 0 Å². The van der Waals surface area contributed by atoms with E-state index in [9.17, 15) is 4.79 Å². The number of hydrogen-bond donors (Lipinski definition) is 1. The van der Waals surface area contributed by atoms with Gasteiger partial charge in [0.1, 0.15) is 10.3 Å². The van der Waals surface area contributed by atoms with Gasteiger partial charge in [0, 0.05) is 0 Å². The van der Waals surface area contributed by atoms with Crippen molar-refractivity contribution >= 4 is 58.0 Å². The molecular weight excluding hydrogens is 342 g/mol. The zero-order valence-corrected chi connectivity index (χ0v) is 13.2. The Morgan fingerprint density at radius 1 is 1.10 bits per heavy atom. The van der Waals surface area contributed by atoms with E-state index in [1.54, 1.807) is 12.1 Å². The van der Waals surface area contributed by atoms with Crippen LogP contribution in [0.2, 0.25) is 20.4 Å². The molecule has 0 saturated carbocycles. The molecule has 0 spiro atoms. The molecule has 0 unspecified atom stereocenters. The predicted molar refractivity (Wildman–Crippen MR) is 83.4 cm³/mol. The van der Waals surface area contributed by atoms with Crippen LogP contribution in [-0.4, -0.2) is 10.9 Å². The molecule has 1 aromatic carbocycles. The molecule has 3 nitrogen and oxygen atoms in total. The van der Waals surface area contributed by atoms with Crippen molar-refractivity contribution in [2.24, 2.45) is 0 Å². The van der Waals surface area contributed by atoms with Crippen LogP contribution in [0.5, 0.6) is 0 Å². The van der Waals surface area contributed by atoms with Crippen LogP contribution in [0.25, 0.3) is 0 Å². The molecule has 2 rings (SSSR count). The first-order valence-corrected chi connectivity index (χ1v) is 6.99. The van der Waals surface area contributed by atoms with Crippen LogP contribution in [0.4, 0.5) is 5.69 Å². The minimum Gasteiger partial charge on any atom is -0.319 e. The number of benzene rings is 1. The molecule has 0 atom stereocenters. The summed E-state index contributed by atoms with van der Waals surface area (Å²) in [5.41, 5.74) is 1.32. The predicted octanol–water partition coefficient (Wildman–Crippen LogP) is 5.26. The Morgan fingerprint density at radius 3 is 2.45 bits per heavy atom. The summed E-state index contributed by atoms with van der Waals surface area (Å²) in [4.78, 5) is 16.0. The van der Waals surface area contributed by atoms with Crippen molar-refractivity contribution in [1.82, 2.24) is 4.98 Å². The van der Waals surface area contributed by atoms with Crippen LogP contribution in [0, 0.1) is 6.92 Å². The molecule has 1 heterocycles. The molecule has 104 valence electrons. The first kappa shape index (κ1) is 15.4. The van der Waals surface area contributed by atoms with Crippen LogP contribution >= 0.6 is 46.4 Å². The monoisotopic (exact) mass is 348 g/mol. The largest absolute Gasteiger partial charge is 0.319 e. The molecule has 0 aliphatic heterocycles. The van der Waals surface area contributed by atoms with Crippen LogP contribution < -0.4 is 5.32 Å². The Morgan fingerprint density at radius 2 is 1.80 bits per heavy atom. The van der Waals surface area contributed by atoms with Gasteiger partial charge in [0.15, 0.2) is 0 Å². The number of pyridine rings is 1. The lowest BCUT2D eigenvalue weighted by molar-refractivity contribution is 0.102. The van der Waals surface area contributed by atoms with Crippen molar-refractivity contribution in [1.29, 1.82) is 0 Å². The Labute approximate surface area is 135 Å². The van der Waals surface area contributed by atoms with Gasteiger partial charge in [0.2, 0.25) is 0 Å². The highest BCUT2D eigenvalue weighted by atomic mass is 35.5. The lowest BCUT2D eigenvalue weighted by atomic mass is 10.2. The first-order chi connectivity index (χ1) is 9.40. The van der Waals surface area contributed by atoms with Crippen LogP contribution in [0.15, 0.2) is 24.3 Å². The number of hydrogen-bond acceptors (Lipinski definition) is 2. The standard InChI is InChI=1S/C13H8Cl4N2O/c1-6-2-4-8(14)11(10(6)16)19-13(20)7-3-5-9(15)18-12(7)17/h2-5H,1H3,(H,19,20). The number of nitrogens with one attached hydrogen (secondary N) is 1. The summed E-state index contributed by atoms with van der Waals surface area (Å²) in [5.74, 6) is -0.464. The fourth-order valence-electron chi connectivity index (χ4n) is 1.53. The molecule has 1 aromatic heterocycles. The zero-order valence-electron chi connectivity index (χ0n) is 10.2. The number of halogens is 4. The van der Waals surface area contributed by atoms with Gasteiger partial charge >= 0.3 is 0 Å². The third-order valence-corrected chi connectivity index (χ3v) is 3.88. The second kappa shape index (κ2) is 6.19. The van der Waals surface area contributed by atoms with Crippen LogP contribution in [-0.2, 0) is 0 Å². The number of aryl methyl sites for hydroxylation is 1. The van der Waals surface area contributed by atoms with Crippen molar-refractivity contribution in [2.45, 2.75) is 6.92 Å². The van der Waals surface area contributed by atoms with Crippen LogP contribution in [0.3, 0.4) is 0 Å². The van der Waals surface area contributed by atoms with Gasteiger partial charge in [-0.3, -0.25) is 4.79 Å². The smallest absolute Gasteiger partial charge is 0.258 e. The van der Waals surface area contributed by atoms with Gasteiger partial charge in [0.25, 0.3) is 5.91 Å². The molecule has 0 saturated heterocycles. The van der Waals surface area contributed by atoms with Gasteiger partial charge in [-0.1, -0.05) is 52.5 Å². The van der Waals surface area contributed by atoms with E-state index in [0.717, 1.165) is 5.56 Å². The first-order valence-electron chi connectivity index (χ1n) is 5.48. The number of anilines is 1. The van der Waals surface area contributed by atoms with E-state index in [-0.39, 0.29) is 15.9 Å². The van der Waals surface area contributed by atoms with E-state index >= 15 is 0 Å². The van der Waals surface area contributed by atoms with E-state index in [0.29, 0.717) is 15.7 Å². The SMILES string of the molecule is Cc1ccc(Cl)c(NC(=O)c2ccc(Cl)nc2Cl)c1Cl. The molecule has 20 heavy (non-hydrogen) atoms. The van der Waals surface area contributed by atoms with Crippen molar-refractivity contribution in [3.63, 3.8) is 0 Å². The minimum absolute atomic E-state index is 0.00916. The summed E-state index contributed by atoms with van der Waals surface area (Å²) in [6, 6.07) is 6.36. The molecule has 0 radical (unpaired) electrons. The Kier molecular flexibility index (Phi) is 4.76. The molecule has 0 aliphatic rings. The molecule has 0 bridgehead atoms. The maximum atomic E-state index is 12.2. The highest BCUT2D eigenvalue weighted by molar-refractivity contribution is 6.41. The quantitative estimate of drug-likeness (QED) is 0.751. The van der Waals surface area contributed by atoms with E-state index in [4.69, 9.17) is 46.4 Å². The maximum absolute atomic E-state index is 12.2. The van der Waals surface area contributed by atoms with E-state index in [1.807, 2.05) is 6.92 Å². The number of nitrogens with zero attached hydrogens (tertiary/aromatic N) is 1. The van der Waals surface area contributed by atoms with Crippen LogP contribution in [0.1, 0.15) is 15.9 Å². The highest BCUT2D eigenvalue weighted by Gasteiger charge is 2.16. The van der Waals surface area contributed by atoms with E-state index < -0.39 is 5.91 Å². The van der Waals surface area contributed by atoms with Gasteiger partial charge in [0.05, 0.1) is 21.3 Å². The van der Waals surface area contributed by atoms with Gasteiger partial charge in [-0.25, -0.2) is 4.98 Å². The number of aromatic nitrogens is 1. The lowest BCUT2D eigenvalue weighted by Gasteiger charge is -2.11. The van der Waals surface area contributed by atoms with Crippen molar-refractivity contribution < 1.29 is 4.79 Å². The van der Waals surface area contributed by atoms with Crippen molar-refractivity contribution in [3.05, 3.63) is 55.7 Å². The van der Waals surface area contributed by atoms with Crippen molar-refractivity contribution in [2.75, 3.05) is 5.32 Å². The summed E-state index contributed by atoms with van der Waals surface area (Å²) < 4.78 is 0. The van der Waals surface area contributed by atoms with E-state index in [2.05, 4.69) is 10.3 Å². The van der Waals surface area contributed by atoms with Gasteiger partial charge in [-0.05, 0) is 30.7 Å². The average molecular weight is 350 g/mol. The fourth-order valence-corrected chi connectivity index (χ4v) is 2.43. The molecule has 1 N–H and O–H groups in total. The zero-order chi connectivity index (χ0) is 14.9. The second-order valence-electron chi connectivity index (χ2n) is 3.98. The second-order valence-corrected chi connectivity index (χ2v) is 5.51. The maximum Gasteiger partial charge on any atom is 0.258 e. The molecule has 0 fully saturated rings. The highest BCUT2D eigenvalue weighted by Crippen LogP contribution is 2.33. The summed E-state index contributed by atoms with van der Waals surface area (Å²) in [7, 11) is 0. The number of rotatable bonds is 2. The third-order valence-electron chi connectivity index (χ3n) is 2.58. The number of carbonyl (C=O) groups is 1. The normalized spacial score (nSPS) is 10.4. The fraction of sp³-hybridized carbons (Fsp3) is 0.0769. The average Bonchev–Trinajstić information content (AvgIpc) is 2.39. The van der Waals surface area contributed by atoms with Gasteiger partial charge in [-0.15, -0.1) is 0 Å². The van der Waals surface area contributed by atoms with Gasteiger partial charge in [-0.2, -0.15) is 0 Å². The Hall–Kier alpha value is -1.000. The summed E-state index contributed by atoms with van der Waals surface area (Å²) in [6.45, 7) is 1.81. The number of carbonyl (C=O) groups excluding carboxylic acids is 1. The molecule has 0 aliphatic carbocycles. The third kappa shape index (κ3) is 3.18. The number of amides is 1. The lowest BCUT2D eigenvalue weighted by Crippen LogP contribution is -2.14. The van der Waals surface area contributed by atoms with E-state index in [1.165, 1.54) is 12.1 Å².